The van der Waals surface area contributed by atoms with Gasteiger partial charge in [-0.3, -0.25) is 4.79 Å². The molecule has 2 aromatic carbocycles. The van der Waals surface area contributed by atoms with E-state index in [0.29, 0.717) is 28.8 Å². The Balaban J connectivity index is 1.56. The molecule has 0 bridgehead atoms. The van der Waals surface area contributed by atoms with Crippen molar-refractivity contribution in [2.24, 2.45) is 0 Å². The molecule has 0 fully saturated rings. The van der Waals surface area contributed by atoms with Crippen LogP contribution in [0.25, 0.3) is 0 Å². The summed E-state index contributed by atoms with van der Waals surface area (Å²) in [5.41, 5.74) is 2.29. The number of aromatic nitrogens is 2. The number of nitriles is 1. The molecule has 0 saturated heterocycles. The van der Waals surface area contributed by atoms with Gasteiger partial charge in [-0.1, -0.05) is 55.1 Å². The van der Waals surface area contributed by atoms with E-state index in [9.17, 15) is 4.79 Å². The third-order valence-electron chi connectivity index (χ3n) is 4.20. The molecule has 142 valence electrons. The first kappa shape index (κ1) is 19.6. The normalized spacial score (nSPS) is 12.8. The van der Waals surface area contributed by atoms with E-state index >= 15 is 0 Å². The van der Waals surface area contributed by atoms with Gasteiger partial charge in [-0.05, 0) is 36.6 Å². The molecule has 1 aromatic heterocycles. The monoisotopic (exact) mass is 392 g/mol. The minimum atomic E-state index is -0.425. The van der Waals surface area contributed by atoms with Crippen LogP contribution in [0, 0.1) is 11.3 Å². The van der Waals surface area contributed by atoms with Crippen LogP contribution in [-0.4, -0.2) is 21.4 Å². The second-order valence-electron chi connectivity index (χ2n) is 6.42. The number of anilines is 1. The zero-order valence-electron chi connectivity index (χ0n) is 15.6. The fraction of sp³-hybridized carbons (Fsp3) is 0.238. The highest BCUT2D eigenvalue weighted by molar-refractivity contribution is 8.00. The van der Waals surface area contributed by atoms with Gasteiger partial charge in [-0.25, -0.2) is 0 Å². The number of rotatable bonds is 7. The third kappa shape index (κ3) is 5.21. The summed E-state index contributed by atoms with van der Waals surface area (Å²) < 4.78 is 5.70. The standard InChI is InChI=1S/C21H20N4O2S/c1-14(17-8-4-3-5-9-17)11-19-24-25-21(27-19)28-15(2)20(26)23-18-10-6-7-16(12-18)13-22/h3-10,12,14-15H,11H2,1-2H3,(H,23,26). The largest absolute Gasteiger partial charge is 0.416 e. The van der Waals surface area contributed by atoms with E-state index in [1.54, 1.807) is 31.2 Å². The second kappa shape index (κ2) is 9.20. The average Bonchev–Trinajstić information content (AvgIpc) is 3.15. The van der Waals surface area contributed by atoms with E-state index in [0.717, 1.165) is 0 Å². The van der Waals surface area contributed by atoms with Crippen LogP contribution in [-0.2, 0) is 11.2 Å². The Bertz CT molecular complexity index is 981. The number of thioether (sulfide) groups is 1. The van der Waals surface area contributed by atoms with Gasteiger partial charge in [0.1, 0.15) is 0 Å². The molecule has 1 amide bonds. The second-order valence-corrected chi connectivity index (χ2v) is 7.71. The highest BCUT2D eigenvalue weighted by Gasteiger charge is 2.19. The summed E-state index contributed by atoms with van der Waals surface area (Å²) in [6, 6.07) is 19.0. The van der Waals surface area contributed by atoms with Crippen molar-refractivity contribution in [1.82, 2.24) is 10.2 Å². The van der Waals surface area contributed by atoms with Crippen molar-refractivity contribution in [2.75, 3.05) is 5.32 Å². The summed E-state index contributed by atoms with van der Waals surface area (Å²) in [5.74, 6) is 0.610. The van der Waals surface area contributed by atoms with Gasteiger partial charge in [0.25, 0.3) is 5.22 Å². The Kier molecular flexibility index (Phi) is 6.45. The van der Waals surface area contributed by atoms with E-state index in [1.807, 2.05) is 24.3 Å². The zero-order valence-corrected chi connectivity index (χ0v) is 16.4. The first-order chi connectivity index (χ1) is 13.5. The van der Waals surface area contributed by atoms with Crippen LogP contribution in [0.5, 0.6) is 0 Å². The van der Waals surface area contributed by atoms with Crippen LogP contribution in [0.15, 0.2) is 64.2 Å². The van der Waals surface area contributed by atoms with Gasteiger partial charge in [0, 0.05) is 12.1 Å². The predicted molar refractivity (Wildman–Crippen MR) is 108 cm³/mol. The Morgan fingerprint density at radius 2 is 1.96 bits per heavy atom. The molecule has 0 radical (unpaired) electrons. The van der Waals surface area contributed by atoms with Crippen molar-refractivity contribution in [1.29, 1.82) is 5.26 Å². The van der Waals surface area contributed by atoms with Gasteiger partial charge in [0.2, 0.25) is 11.8 Å². The number of hydrogen-bond acceptors (Lipinski definition) is 6. The average molecular weight is 392 g/mol. The molecule has 0 aliphatic heterocycles. The first-order valence-corrected chi connectivity index (χ1v) is 9.78. The van der Waals surface area contributed by atoms with Crippen LogP contribution in [0.2, 0.25) is 0 Å². The molecule has 0 aliphatic carbocycles. The molecule has 2 atom stereocenters. The number of benzene rings is 2. The van der Waals surface area contributed by atoms with Crippen molar-refractivity contribution >= 4 is 23.4 Å². The number of carbonyl (C=O) groups is 1. The number of carbonyl (C=O) groups excluding carboxylic acids is 1. The molecule has 2 unspecified atom stereocenters. The maximum atomic E-state index is 12.4. The molecule has 0 saturated carbocycles. The number of nitrogens with zero attached hydrogens (tertiary/aromatic N) is 3. The number of hydrogen-bond donors (Lipinski definition) is 1. The van der Waals surface area contributed by atoms with Gasteiger partial charge >= 0.3 is 0 Å². The van der Waals surface area contributed by atoms with Crippen LogP contribution < -0.4 is 5.32 Å². The fourth-order valence-corrected chi connectivity index (χ4v) is 3.35. The zero-order chi connectivity index (χ0) is 19.9. The molecular formula is C21H20N4O2S. The topological polar surface area (TPSA) is 91.8 Å². The van der Waals surface area contributed by atoms with Crippen molar-refractivity contribution < 1.29 is 9.21 Å². The predicted octanol–water partition coefficient (Wildman–Crippen LogP) is 4.41. The summed E-state index contributed by atoms with van der Waals surface area (Å²) >= 11 is 1.21. The fourth-order valence-electron chi connectivity index (χ4n) is 2.64. The Labute approximate surface area is 168 Å². The van der Waals surface area contributed by atoms with E-state index < -0.39 is 5.25 Å². The van der Waals surface area contributed by atoms with Crippen LogP contribution >= 0.6 is 11.8 Å². The lowest BCUT2D eigenvalue weighted by molar-refractivity contribution is -0.115. The molecule has 6 nitrogen and oxygen atoms in total. The Morgan fingerprint density at radius 1 is 1.18 bits per heavy atom. The number of amides is 1. The molecule has 28 heavy (non-hydrogen) atoms. The summed E-state index contributed by atoms with van der Waals surface area (Å²) in [6.45, 7) is 3.88. The van der Waals surface area contributed by atoms with Gasteiger partial charge in [0.15, 0.2) is 0 Å². The van der Waals surface area contributed by atoms with E-state index in [2.05, 4.69) is 34.6 Å². The van der Waals surface area contributed by atoms with E-state index in [4.69, 9.17) is 9.68 Å². The lowest BCUT2D eigenvalue weighted by Crippen LogP contribution is -2.22. The van der Waals surface area contributed by atoms with Crippen LogP contribution in [0.1, 0.15) is 36.8 Å². The molecule has 3 rings (SSSR count). The lowest BCUT2D eigenvalue weighted by Gasteiger charge is -2.10. The third-order valence-corrected chi connectivity index (χ3v) is 5.14. The molecular weight excluding hydrogens is 372 g/mol. The SMILES string of the molecule is CC(Sc1nnc(CC(C)c2ccccc2)o1)C(=O)Nc1cccc(C#N)c1. The summed E-state index contributed by atoms with van der Waals surface area (Å²) in [4.78, 5) is 12.4. The van der Waals surface area contributed by atoms with Gasteiger partial charge < -0.3 is 9.73 Å². The molecule has 0 aliphatic rings. The quantitative estimate of drug-likeness (QED) is 0.599. The minimum absolute atomic E-state index is 0.197. The molecule has 1 heterocycles. The van der Waals surface area contributed by atoms with E-state index in [-0.39, 0.29) is 11.8 Å². The van der Waals surface area contributed by atoms with Gasteiger partial charge in [-0.15, -0.1) is 10.2 Å². The maximum Gasteiger partial charge on any atom is 0.277 e. The Morgan fingerprint density at radius 3 is 2.71 bits per heavy atom. The molecule has 3 aromatic rings. The summed E-state index contributed by atoms with van der Waals surface area (Å²) in [5, 5.41) is 19.8. The molecule has 0 spiro atoms. The summed E-state index contributed by atoms with van der Waals surface area (Å²) in [6.07, 6.45) is 0.638. The Hall–Kier alpha value is -3.11. The van der Waals surface area contributed by atoms with Gasteiger partial charge in [0.05, 0.1) is 16.9 Å². The lowest BCUT2D eigenvalue weighted by atomic mass is 9.98. The van der Waals surface area contributed by atoms with Crippen LogP contribution in [0.3, 0.4) is 0 Å². The van der Waals surface area contributed by atoms with Crippen molar-refractivity contribution in [3.05, 3.63) is 71.6 Å². The first-order valence-electron chi connectivity index (χ1n) is 8.90. The minimum Gasteiger partial charge on any atom is -0.416 e. The van der Waals surface area contributed by atoms with E-state index in [1.165, 1.54) is 17.3 Å². The highest BCUT2D eigenvalue weighted by Crippen LogP contribution is 2.25. The number of nitrogens with one attached hydrogen (secondary N) is 1. The maximum absolute atomic E-state index is 12.4. The van der Waals surface area contributed by atoms with Crippen molar-refractivity contribution in [2.45, 2.75) is 36.7 Å². The smallest absolute Gasteiger partial charge is 0.277 e. The molecule has 7 heteroatoms. The summed E-state index contributed by atoms with van der Waals surface area (Å²) in [7, 11) is 0. The van der Waals surface area contributed by atoms with Gasteiger partial charge in [-0.2, -0.15) is 5.26 Å². The van der Waals surface area contributed by atoms with Crippen LogP contribution in [0.4, 0.5) is 5.69 Å². The van der Waals surface area contributed by atoms with Crippen molar-refractivity contribution in [3.63, 3.8) is 0 Å². The van der Waals surface area contributed by atoms with Crippen molar-refractivity contribution in [3.8, 4) is 6.07 Å². The molecule has 1 N–H and O–H groups in total. The highest BCUT2D eigenvalue weighted by atomic mass is 32.2.